The molecule has 1 aliphatic rings. The molecule has 1 heterocycles. The fourth-order valence-electron chi connectivity index (χ4n) is 2.58. The highest BCUT2D eigenvalue weighted by molar-refractivity contribution is 8.00. The second kappa shape index (κ2) is 6.45. The van der Waals surface area contributed by atoms with Gasteiger partial charge in [-0.1, -0.05) is 19.1 Å². The topological polar surface area (TPSA) is 46.6 Å². The first-order valence-corrected chi connectivity index (χ1v) is 9.85. The molecule has 0 aliphatic carbocycles. The van der Waals surface area contributed by atoms with Gasteiger partial charge in [0, 0.05) is 16.7 Å². The van der Waals surface area contributed by atoms with Crippen LogP contribution in [-0.2, 0) is 10.0 Å². The lowest BCUT2D eigenvalue weighted by atomic mass is 10.3. The Bertz CT molecular complexity index is 788. The molecule has 3 rings (SSSR count). The van der Waals surface area contributed by atoms with Gasteiger partial charge in [-0.25, -0.2) is 8.42 Å². The van der Waals surface area contributed by atoms with Crippen LogP contribution in [0.2, 0.25) is 0 Å². The molecular weight excluding hydrogens is 330 g/mol. The summed E-state index contributed by atoms with van der Waals surface area (Å²) in [5.41, 5.74) is 0.754. The van der Waals surface area contributed by atoms with Crippen molar-refractivity contribution >= 4 is 27.5 Å². The largest absolute Gasteiger partial charge is 0.494 e. The number of anilines is 1. The van der Waals surface area contributed by atoms with Crippen LogP contribution in [0.15, 0.2) is 58.3 Å². The first-order valence-electron chi connectivity index (χ1n) is 7.53. The molecule has 0 fully saturated rings. The van der Waals surface area contributed by atoms with Gasteiger partial charge in [-0.05, 0) is 43.3 Å². The predicted molar refractivity (Wildman–Crippen MR) is 93.9 cm³/mol. The minimum Gasteiger partial charge on any atom is -0.494 e. The normalized spacial score (nSPS) is 17.7. The molecule has 23 heavy (non-hydrogen) atoms. The van der Waals surface area contributed by atoms with Crippen molar-refractivity contribution < 1.29 is 13.2 Å². The van der Waals surface area contributed by atoms with Gasteiger partial charge < -0.3 is 4.74 Å². The number of nitrogens with zero attached hydrogens (tertiary/aromatic N) is 1. The van der Waals surface area contributed by atoms with E-state index in [1.807, 2.05) is 38.1 Å². The summed E-state index contributed by atoms with van der Waals surface area (Å²) in [5, 5.41) is 0.211. The molecule has 2 aromatic rings. The fourth-order valence-corrected chi connectivity index (χ4v) is 5.42. The Morgan fingerprint density at radius 3 is 2.57 bits per heavy atom. The van der Waals surface area contributed by atoms with Crippen molar-refractivity contribution in [2.45, 2.75) is 28.9 Å². The lowest BCUT2D eigenvalue weighted by Crippen LogP contribution is -2.38. The average Bonchev–Trinajstić information content (AvgIpc) is 2.55. The lowest BCUT2D eigenvalue weighted by molar-refractivity contribution is 0.340. The second-order valence-corrected chi connectivity index (χ2v) is 8.68. The van der Waals surface area contributed by atoms with Gasteiger partial charge in [0.2, 0.25) is 0 Å². The number of para-hydroxylation sites is 1. The van der Waals surface area contributed by atoms with Gasteiger partial charge in [-0.2, -0.15) is 0 Å². The molecule has 4 nitrogen and oxygen atoms in total. The second-order valence-electron chi connectivity index (χ2n) is 5.34. The molecule has 1 unspecified atom stereocenters. The smallest absolute Gasteiger partial charge is 0.264 e. The summed E-state index contributed by atoms with van der Waals surface area (Å²) < 4.78 is 33.0. The molecule has 0 aromatic heterocycles. The molecule has 0 amide bonds. The standard InChI is InChI=1S/C17H19NO3S2/c1-3-21-14-8-10-15(11-9-14)23(19,20)18-12-13(2)22-17-7-5-4-6-16(17)18/h4-11,13H,3,12H2,1-2H3. The molecule has 6 heteroatoms. The van der Waals surface area contributed by atoms with Crippen LogP contribution in [0.1, 0.15) is 13.8 Å². The predicted octanol–water partition coefficient (Wildman–Crippen LogP) is 3.77. The minimum atomic E-state index is -3.58. The Morgan fingerprint density at radius 1 is 1.17 bits per heavy atom. The number of rotatable bonds is 4. The van der Waals surface area contributed by atoms with Crippen molar-refractivity contribution in [3.8, 4) is 5.75 Å². The average molecular weight is 349 g/mol. The van der Waals surface area contributed by atoms with E-state index in [4.69, 9.17) is 4.74 Å². The van der Waals surface area contributed by atoms with Crippen molar-refractivity contribution in [1.29, 1.82) is 0 Å². The Morgan fingerprint density at radius 2 is 1.87 bits per heavy atom. The van der Waals surface area contributed by atoms with E-state index in [-0.39, 0.29) is 10.1 Å². The summed E-state index contributed by atoms with van der Waals surface area (Å²) in [5.74, 6) is 0.675. The van der Waals surface area contributed by atoms with E-state index >= 15 is 0 Å². The number of hydrogen-bond acceptors (Lipinski definition) is 4. The van der Waals surface area contributed by atoms with Gasteiger partial charge in [0.25, 0.3) is 10.0 Å². The number of sulfonamides is 1. The summed E-state index contributed by atoms with van der Waals surface area (Å²) in [6.07, 6.45) is 0. The van der Waals surface area contributed by atoms with Gasteiger partial charge in [0.15, 0.2) is 0 Å². The zero-order valence-electron chi connectivity index (χ0n) is 13.1. The number of hydrogen-bond donors (Lipinski definition) is 0. The zero-order chi connectivity index (χ0) is 16.4. The van der Waals surface area contributed by atoms with Crippen LogP contribution in [-0.4, -0.2) is 26.8 Å². The first kappa shape index (κ1) is 16.2. The van der Waals surface area contributed by atoms with Gasteiger partial charge in [0.05, 0.1) is 17.2 Å². The lowest BCUT2D eigenvalue weighted by Gasteiger charge is -2.33. The number of ether oxygens (including phenoxy) is 1. The Hall–Kier alpha value is -1.66. The third-order valence-electron chi connectivity index (χ3n) is 3.61. The molecule has 0 saturated carbocycles. The maximum absolute atomic E-state index is 13.0. The number of benzene rings is 2. The molecule has 122 valence electrons. The monoisotopic (exact) mass is 349 g/mol. The summed E-state index contributed by atoms with van der Waals surface area (Å²) >= 11 is 1.71. The van der Waals surface area contributed by atoms with Crippen LogP contribution in [0.3, 0.4) is 0 Å². The van der Waals surface area contributed by atoms with E-state index in [9.17, 15) is 8.42 Å². The van der Waals surface area contributed by atoms with Crippen molar-refractivity contribution in [1.82, 2.24) is 0 Å². The molecule has 0 bridgehead atoms. The number of fused-ring (bicyclic) bond motifs is 1. The van der Waals surface area contributed by atoms with E-state index < -0.39 is 10.0 Å². The molecular formula is C17H19NO3S2. The number of thioether (sulfide) groups is 1. The van der Waals surface area contributed by atoms with Crippen molar-refractivity contribution in [2.24, 2.45) is 0 Å². The summed E-state index contributed by atoms with van der Waals surface area (Å²) in [6, 6.07) is 14.2. The van der Waals surface area contributed by atoms with E-state index in [1.165, 1.54) is 4.31 Å². The van der Waals surface area contributed by atoms with Gasteiger partial charge in [-0.3, -0.25) is 4.31 Å². The third-order valence-corrected chi connectivity index (χ3v) is 6.55. The highest BCUT2D eigenvalue weighted by Crippen LogP contribution is 2.40. The first-order chi connectivity index (χ1) is 11.0. The fraction of sp³-hybridized carbons (Fsp3) is 0.294. The summed E-state index contributed by atoms with van der Waals surface area (Å²) in [6.45, 7) is 4.97. The summed E-state index contributed by atoms with van der Waals surface area (Å²) in [7, 11) is -3.58. The van der Waals surface area contributed by atoms with Gasteiger partial charge in [0.1, 0.15) is 5.75 Å². The molecule has 0 N–H and O–H groups in total. The van der Waals surface area contributed by atoms with Crippen molar-refractivity contribution in [3.63, 3.8) is 0 Å². The van der Waals surface area contributed by atoms with Crippen LogP contribution in [0.25, 0.3) is 0 Å². The highest BCUT2D eigenvalue weighted by Gasteiger charge is 2.32. The van der Waals surface area contributed by atoms with Crippen LogP contribution in [0.4, 0.5) is 5.69 Å². The molecule has 2 aromatic carbocycles. The molecule has 1 aliphatic heterocycles. The minimum absolute atomic E-state index is 0.211. The maximum Gasteiger partial charge on any atom is 0.264 e. The van der Waals surface area contributed by atoms with Gasteiger partial charge >= 0.3 is 0 Å². The van der Waals surface area contributed by atoms with Crippen LogP contribution in [0.5, 0.6) is 5.75 Å². The van der Waals surface area contributed by atoms with Crippen molar-refractivity contribution in [3.05, 3.63) is 48.5 Å². The third kappa shape index (κ3) is 3.19. The van der Waals surface area contributed by atoms with Gasteiger partial charge in [-0.15, -0.1) is 11.8 Å². The van der Waals surface area contributed by atoms with E-state index in [0.717, 1.165) is 10.6 Å². The Balaban J connectivity index is 1.99. The van der Waals surface area contributed by atoms with E-state index in [1.54, 1.807) is 36.0 Å². The molecule has 0 saturated heterocycles. The SMILES string of the molecule is CCOc1ccc(S(=O)(=O)N2CC(C)Sc3ccccc32)cc1. The molecule has 0 radical (unpaired) electrons. The molecule has 0 spiro atoms. The van der Waals surface area contributed by atoms with Crippen LogP contribution >= 0.6 is 11.8 Å². The van der Waals surface area contributed by atoms with E-state index in [2.05, 4.69) is 0 Å². The summed E-state index contributed by atoms with van der Waals surface area (Å²) in [4.78, 5) is 1.29. The van der Waals surface area contributed by atoms with Crippen molar-refractivity contribution in [2.75, 3.05) is 17.5 Å². The Kier molecular flexibility index (Phi) is 4.55. The van der Waals surface area contributed by atoms with E-state index in [0.29, 0.717) is 18.9 Å². The highest BCUT2D eigenvalue weighted by atomic mass is 32.2. The maximum atomic E-state index is 13.0. The Labute approximate surface area is 141 Å². The quantitative estimate of drug-likeness (QED) is 0.843. The van der Waals surface area contributed by atoms with Crippen LogP contribution < -0.4 is 9.04 Å². The molecule has 1 atom stereocenters. The zero-order valence-corrected chi connectivity index (χ0v) is 14.7. The van der Waals surface area contributed by atoms with Crippen LogP contribution in [0, 0.1) is 0 Å².